The highest BCUT2D eigenvalue weighted by Crippen LogP contribution is 2.18. The van der Waals surface area contributed by atoms with E-state index < -0.39 is 17.8 Å². The number of amides is 1. The number of hydrogen-bond acceptors (Lipinski definition) is 4. The summed E-state index contributed by atoms with van der Waals surface area (Å²) in [4.78, 5) is 23.7. The van der Waals surface area contributed by atoms with E-state index in [-0.39, 0.29) is 24.0 Å². The van der Waals surface area contributed by atoms with E-state index in [0.29, 0.717) is 18.4 Å². The molecular formula is C17H24FNO4. The lowest BCUT2D eigenvalue weighted by atomic mass is 10.0. The smallest absolute Gasteiger partial charge is 0.328 e. The first-order chi connectivity index (χ1) is 10.9. The highest BCUT2D eigenvalue weighted by molar-refractivity contribution is 5.84. The van der Waals surface area contributed by atoms with Crippen LogP contribution in [0.2, 0.25) is 0 Å². The number of carbonyl (C=O) groups is 2. The van der Waals surface area contributed by atoms with E-state index in [2.05, 4.69) is 5.32 Å². The highest BCUT2D eigenvalue weighted by Gasteiger charge is 2.22. The maximum atomic E-state index is 13.6. The summed E-state index contributed by atoms with van der Waals surface area (Å²) in [5, 5.41) is 2.67. The van der Waals surface area contributed by atoms with Crippen LogP contribution in [0.1, 0.15) is 32.3 Å². The molecule has 0 spiro atoms. The van der Waals surface area contributed by atoms with Crippen LogP contribution in [-0.2, 0) is 20.7 Å². The molecular weight excluding hydrogens is 301 g/mol. The van der Waals surface area contributed by atoms with Crippen LogP contribution >= 0.6 is 0 Å². The number of benzene rings is 1. The predicted octanol–water partition coefficient (Wildman–Crippen LogP) is 2.47. The molecule has 0 fully saturated rings. The second kappa shape index (κ2) is 9.12. The molecule has 1 aromatic rings. The molecule has 1 rings (SSSR count). The van der Waals surface area contributed by atoms with Crippen LogP contribution in [-0.4, -0.2) is 32.1 Å². The van der Waals surface area contributed by atoms with Crippen molar-refractivity contribution < 1.29 is 23.5 Å². The van der Waals surface area contributed by atoms with E-state index in [0.717, 1.165) is 0 Å². The summed E-state index contributed by atoms with van der Waals surface area (Å²) < 4.78 is 23.1. The first-order valence-corrected chi connectivity index (χ1v) is 7.57. The van der Waals surface area contributed by atoms with Gasteiger partial charge in [-0.15, -0.1) is 0 Å². The summed E-state index contributed by atoms with van der Waals surface area (Å²) in [6, 6.07) is 3.93. The molecule has 23 heavy (non-hydrogen) atoms. The average Bonchev–Trinajstić information content (AvgIpc) is 2.51. The van der Waals surface area contributed by atoms with Gasteiger partial charge in [-0.1, -0.05) is 19.9 Å². The fourth-order valence-corrected chi connectivity index (χ4v) is 2.22. The molecule has 0 bridgehead atoms. The fourth-order valence-electron chi connectivity index (χ4n) is 2.22. The minimum Gasteiger partial charge on any atom is -0.494 e. The van der Waals surface area contributed by atoms with Crippen LogP contribution in [0.15, 0.2) is 18.2 Å². The topological polar surface area (TPSA) is 64.6 Å². The molecule has 1 atom stereocenters. The molecule has 0 heterocycles. The highest BCUT2D eigenvalue weighted by atomic mass is 19.1. The number of hydrogen-bond donors (Lipinski definition) is 1. The van der Waals surface area contributed by atoms with Gasteiger partial charge < -0.3 is 14.8 Å². The Hall–Kier alpha value is -2.11. The van der Waals surface area contributed by atoms with E-state index in [9.17, 15) is 14.0 Å². The Morgan fingerprint density at radius 1 is 1.26 bits per heavy atom. The van der Waals surface area contributed by atoms with Gasteiger partial charge in [0.2, 0.25) is 5.91 Å². The Labute approximate surface area is 136 Å². The number of carbonyl (C=O) groups excluding carboxylic acids is 2. The van der Waals surface area contributed by atoms with Crippen LogP contribution in [0.25, 0.3) is 0 Å². The number of rotatable bonds is 8. The molecule has 1 unspecified atom stereocenters. The largest absolute Gasteiger partial charge is 0.494 e. The van der Waals surface area contributed by atoms with Crippen LogP contribution in [0, 0.1) is 11.7 Å². The third-order valence-electron chi connectivity index (χ3n) is 3.38. The van der Waals surface area contributed by atoms with Crippen molar-refractivity contribution in [1.82, 2.24) is 5.32 Å². The summed E-state index contributed by atoms with van der Waals surface area (Å²) >= 11 is 0. The quantitative estimate of drug-likeness (QED) is 0.746. The second-order valence-corrected chi connectivity index (χ2v) is 5.74. The normalized spacial score (nSPS) is 11.9. The predicted molar refractivity (Wildman–Crippen MR) is 84.7 cm³/mol. The fraction of sp³-hybridized carbons (Fsp3) is 0.529. The Morgan fingerprint density at radius 2 is 1.96 bits per heavy atom. The van der Waals surface area contributed by atoms with Gasteiger partial charge >= 0.3 is 5.97 Å². The van der Waals surface area contributed by atoms with Crippen molar-refractivity contribution in [3.8, 4) is 5.75 Å². The van der Waals surface area contributed by atoms with Crippen molar-refractivity contribution in [2.75, 3.05) is 14.2 Å². The molecule has 0 saturated carbocycles. The van der Waals surface area contributed by atoms with Crippen molar-refractivity contribution >= 4 is 11.9 Å². The summed E-state index contributed by atoms with van der Waals surface area (Å²) in [6.07, 6.45) is 1.05. The number of ether oxygens (including phenoxy) is 2. The van der Waals surface area contributed by atoms with E-state index in [1.807, 2.05) is 13.8 Å². The van der Waals surface area contributed by atoms with Crippen LogP contribution < -0.4 is 10.1 Å². The molecule has 1 aromatic carbocycles. The Morgan fingerprint density at radius 3 is 2.48 bits per heavy atom. The molecule has 0 aromatic heterocycles. The van der Waals surface area contributed by atoms with Crippen LogP contribution in [0.3, 0.4) is 0 Å². The summed E-state index contributed by atoms with van der Waals surface area (Å²) in [5.41, 5.74) is 0.692. The molecule has 5 nitrogen and oxygen atoms in total. The van der Waals surface area contributed by atoms with Gasteiger partial charge in [0.05, 0.1) is 14.2 Å². The van der Waals surface area contributed by atoms with E-state index in [1.54, 1.807) is 6.07 Å². The average molecular weight is 325 g/mol. The van der Waals surface area contributed by atoms with Gasteiger partial charge in [-0.25, -0.2) is 9.18 Å². The number of aryl methyl sites for hydroxylation is 1. The van der Waals surface area contributed by atoms with Crippen molar-refractivity contribution in [1.29, 1.82) is 0 Å². The molecule has 0 saturated heterocycles. The van der Waals surface area contributed by atoms with Gasteiger partial charge in [0.25, 0.3) is 0 Å². The first-order valence-electron chi connectivity index (χ1n) is 7.57. The molecule has 0 aliphatic rings. The monoisotopic (exact) mass is 325 g/mol. The van der Waals surface area contributed by atoms with Gasteiger partial charge in [-0.3, -0.25) is 4.79 Å². The second-order valence-electron chi connectivity index (χ2n) is 5.74. The zero-order valence-electron chi connectivity index (χ0n) is 14.0. The van der Waals surface area contributed by atoms with Crippen LogP contribution in [0.4, 0.5) is 4.39 Å². The van der Waals surface area contributed by atoms with Crippen molar-refractivity contribution in [3.63, 3.8) is 0 Å². The molecule has 128 valence electrons. The maximum absolute atomic E-state index is 13.6. The number of methoxy groups -OCH3 is 2. The Bertz CT molecular complexity index is 545. The minimum atomic E-state index is -0.653. The van der Waals surface area contributed by atoms with Gasteiger partial charge in [0.1, 0.15) is 6.04 Å². The molecule has 0 aliphatic heterocycles. The third-order valence-corrected chi connectivity index (χ3v) is 3.38. The lowest BCUT2D eigenvalue weighted by Crippen LogP contribution is -2.42. The van der Waals surface area contributed by atoms with Gasteiger partial charge in [-0.2, -0.15) is 0 Å². The van der Waals surface area contributed by atoms with Crippen LogP contribution in [0.5, 0.6) is 5.75 Å². The first kappa shape index (κ1) is 18.9. The SMILES string of the molecule is COC(=O)C(CC(C)C)NC(=O)CCc1ccc(OC)c(F)c1. The zero-order valence-corrected chi connectivity index (χ0v) is 14.0. The van der Waals surface area contributed by atoms with Gasteiger partial charge in [0.15, 0.2) is 11.6 Å². The molecule has 1 N–H and O–H groups in total. The molecule has 0 radical (unpaired) electrons. The molecule has 1 amide bonds. The van der Waals surface area contributed by atoms with E-state index in [4.69, 9.17) is 9.47 Å². The minimum absolute atomic E-state index is 0.164. The molecule has 0 aliphatic carbocycles. The summed E-state index contributed by atoms with van der Waals surface area (Å²) in [5.74, 6) is -0.770. The lowest BCUT2D eigenvalue weighted by Gasteiger charge is -2.18. The number of esters is 1. The maximum Gasteiger partial charge on any atom is 0.328 e. The number of halogens is 1. The van der Waals surface area contributed by atoms with Gasteiger partial charge in [0, 0.05) is 6.42 Å². The number of nitrogens with one attached hydrogen (secondary N) is 1. The Kier molecular flexibility index (Phi) is 7.51. The standard InChI is InChI=1S/C17H24FNO4/c1-11(2)9-14(17(21)23-4)19-16(20)8-6-12-5-7-15(22-3)13(18)10-12/h5,7,10-11,14H,6,8-9H2,1-4H3,(H,19,20). The summed E-state index contributed by atoms with van der Waals surface area (Å²) in [6.45, 7) is 3.92. The van der Waals surface area contributed by atoms with E-state index in [1.165, 1.54) is 26.4 Å². The lowest BCUT2D eigenvalue weighted by molar-refractivity contribution is -0.145. The van der Waals surface area contributed by atoms with E-state index >= 15 is 0 Å². The van der Waals surface area contributed by atoms with Crippen molar-refractivity contribution in [2.24, 2.45) is 5.92 Å². The summed E-state index contributed by atoms with van der Waals surface area (Å²) in [7, 11) is 2.69. The van der Waals surface area contributed by atoms with Crippen molar-refractivity contribution in [2.45, 2.75) is 39.2 Å². The van der Waals surface area contributed by atoms with Gasteiger partial charge in [-0.05, 0) is 36.5 Å². The van der Waals surface area contributed by atoms with Crippen molar-refractivity contribution in [3.05, 3.63) is 29.6 Å². The molecule has 6 heteroatoms. The zero-order chi connectivity index (χ0) is 17.4. The third kappa shape index (κ3) is 6.26. The Balaban J connectivity index is 2.57.